The molecule has 0 fully saturated rings. The van der Waals surface area contributed by atoms with Crippen molar-refractivity contribution < 1.29 is 13.9 Å². The summed E-state index contributed by atoms with van der Waals surface area (Å²) in [6.07, 6.45) is 0. The zero-order valence-electron chi connectivity index (χ0n) is 16.0. The first-order chi connectivity index (χ1) is 14.5. The summed E-state index contributed by atoms with van der Waals surface area (Å²) in [6.45, 7) is -0.352. The normalized spacial score (nSPS) is 10.7. The van der Waals surface area contributed by atoms with Crippen LogP contribution in [0.15, 0.2) is 80.7 Å². The lowest BCUT2D eigenvalue weighted by atomic mass is 10.1. The van der Waals surface area contributed by atoms with Gasteiger partial charge in [0.1, 0.15) is 23.6 Å². The highest BCUT2D eigenvalue weighted by atomic mass is 16.5. The second-order valence-electron chi connectivity index (χ2n) is 6.48. The van der Waals surface area contributed by atoms with Gasteiger partial charge in [-0.25, -0.2) is 9.48 Å². The van der Waals surface area contributed by atoms with Gasteiger partial charge in [-0.2, -0.15) is 5.10 Å². The molecule has 30 heavy (non-hydrogen) atoms. The van der Waals surface area contributed by atoms with Crippen molar-refractivity contribution in [2.45, 2.75) is 6.54 Å². The number of carbonyl (C=O) groups excluding carboxylic acids is 1. The molecule has 0 aliphatic heterocycles. The Bertz CT molecular complexity index is 1340. The second kappa shape index (κ2) is 8.04. The van der Waals surface area contributed by atoms with Crippen LogP contribution in [0.1, 0.15) is 0 Å². The summed E-state index contributed by atoms with van der Waals surface area (Å²) in [5.41, 5.74) is 0.598. The molecule has 2 heterocycles. The zero-order chi connectivity index (χ0) is 21.1. The molecule has 0 atom stereocenters. The van der Waals surface area contributed by atoms with Crippen molar-refractivity contribution in [1.82, 2.24) is 9.78 Å². The van der Waals surface area contributed by atoms with E-state index in [0.717, 1.165) is 10.2 Å². The van der Waals surface area contributed by atoms with Crippen molar-refractivity contribution in [3.8, 4) is 17.0 Å². The number of ether oxygens (including phenoxy) is 1. The van der Waals surface area contributed by atoms with Crippen molar-refractivity contribution in [1.29, 1.82) is 0 Å². The number of rotatable bonds is 5. The molecule has 0 spiro atoms. The molecule has 8 nitrogen and oxygen atoms in total. The van der Waals surface area contributed by atoms with Gasteiger partial charge in [0.05, 0.1) is 12.8 Å². The fraction of sp³-hybridized carbons (Fsp3) is 0.0909. The Hall–Kier alpha value is -4.20. The number of hydrogen-bond donors (Lipinski definition) is 1. The molecule has 0 saturated heterocycles. The summed E-state index contributed by atoms with van der Waals surface area (Å²) >= 11 is 0. The molecule has 0 aliphatic rings. The molecule has 0 unspecified atom stereocenters. The minimum atomic E-state index is -0.672. The highest BCUT2D eigenvalue weighted by Gasteiger charge is 2.12. The predicted molar refractivity (Wildman–Crippen MR) is 112 cm³/mol. The molecule has 1 N–H and O–H groups in total. The molecule has 8 heteroatoms. The van der Waals surface area contributed by atoms with Gasteiger partial charge in [0.2, 0.25) is 5.91 Å². The van der Waals surface area contributed by atoms with Crippen LogP contribution in [0.3, 0.4) is 0 Å². The molecule has 1 amide bonds. The number of para-hydroxylation sites is 1. The lowest BCUT2D eigenvalue weighted by Crippen LogP contribution is -2.30. The Labute approximate surface area is 170 Å². The van der Waals surface area contributed by atoms with Crippen LogP contribution in [-0.4, -0.2) is 22.8 Å². The van der Waals surface area contributed by atoms with Crippen LogP contribution < -0.4 is 21.2 Å². The lowest BCUT2D eigenvalue weighted by molar-refractivity contribution is -0.117. The molecule has 150 valence electrons. The van der Waals surface area contributed by atoms with Crippen LogP contribution in [0.25, 0.3) is 22.2 Å². The molecule has 0 bridgehead atoms. The number of benzene rings is 2. The van der Waals surface area contributed by atoms with Crippen molar-refractivity contribution >= 4 is 22.6 Å². The summed E-state index contributed by atoms with van der Waals surface area (Å²) in [7, 11) is 1.57. The smallest absolute Gasteiger partial charge is 0.360 e. The largest absolute Gasteiger partial charge is 0.497 e. The fourth-order valence-corrected chi connectivity index (χ4v) is 2.95. The van der Waals surface area contributed by atoms with Crippen LogP contribution in [0, 0.1) is 0 Å². The minimum Gasteiger partial charge on any atom is -0.497 e. The van der Waals surface area contributed by atoms with E-state index in [4.69, 9.17) is 9.15 Å². The quantitative estimate of drug-likeness (QED) is 0.514. The predicted octanol–water partition coefficient (Wildman–Crippen LogP) is 2.66. The molecule has 4 aromatic rings. The van der Waals surface area contributed by atoms with E-state index in [9.17, 15) is 14.4 Å². The Morgan fingerprint density at radius 2 is 1.83 bits per heavy atom. The number of methoxy groups -OCH3 is 1. The van der Waals surface area contributed by atoms with Crippen molar-refractivity contribution in [2.75, 3.05) is 12.4 Å². The third-order valence-corrected chi connectivity index (χ3v) is 4.46. The Kier molecular flexibility index (Phi) is 5.13. The SMILES string of the molecule is COc1ccc(-c2ccc(=O)n(CC(=O)Nc3cc4ccccc4oc3=O)n2)cc1. The summed E-state index contributed by atoms with van der Waals surface area (Å²) < 4.78 is 11.4. The summed E-state index contributed by atoms with van der Waals surface area (Å²) in [4.78, 5) is 36.7. The number of nitrogens with one attached hydrogen (secondary N) is 1. The molecule has 2 aromatic carbocycles. The number of anilines is 1. The van der Waals surface area contributed by atoms with E-state index in [1.807, 2.05) is 0 Å². The van der Waals surface area contributed by atoms with Crippen LogP contribution in [-0.2, 0) is 11.3 Å². The number of nitrogens with zero attached hydrogens (tertiary/aromatic N) is 2. The third kappa shape index (κ3) is 3.97. The summed E-state index contributed by atoms with van der Waals surface area (Å²) in [5, 5.41) is 7.41. The van der Waals surface area contributed by atoms with E-state index < -0.39 is 17.1 Å². The summed E-state index contributed by atoms with van der Waals surface area (Å²) in [5.74, 6) is 0.125. The molecule has 2 aromatic heterocycles. The average Bonchev–Trinajstić information content (AvgIpc) is 2.76. The lowest BCUT2D eigenvalue weighted by Gasteiger charge is -2.08. The second-order valence-corrected chi connectivity index (χ2v) is 6.48. The molecule has 0 aliphatic carbocycles. The first kappa shape index (κ1) is 19.1. The monoisotopic (exact) mass is 403 g/mol. The number of fused-ring (bicyclic) bond motifs is 1. The summed E-state index contributed by atoms with van der Waals surface area (Å²) in [6, 6.07) is 18.6. The van der Waals surface area contributed by atoms with Crippen LogP contribution in [0.4, 0.5) is 5.69 Å². The van der Waals surface area contributed by atoms with Crippen molar-refractivity contribution in [2.24, 2.45) is 0 Å². The van der Waals surface area contributed by atoms with Crippen LogP contribution >= 0.6 is 0 Å². The van der Waals surface area contributed by atoms with E-state index in [1.54, 1.807) is 61.7 Å². The maximum atomic E-state index is 12.4. The Balaban J connectivity index is 1.56. The number of aromatic nitrogens is 2. The number of amides is 1. The number of hydrogen-bond acceptors (Lipinski definition) is 6. The van der Waals surface area contributed by atoms with Gasteiger partial charge in [0, 0.05) is 17.0 Å². The van der Waals surface area contributed by atoms with Gasteiger partial charge in [-0.05, 0) is 42.5 Å². The van der Waals surface area contributed by atoms with Gasteiger partial charge in [-0.3, -0.25) is 9.59 Å². The van der Waals surface area contributed by atoms with E-state index >= 15 is 0 Å². The van der Waals surface area contributed by atoms with Gasteiger partial charge in [-0.15, -0.1) is 0 Å². The maximum absolute atomic E-state index is 12.4. The third-order valence-electron chi connectivity index (χ3n) is 4.46. The molecular weight excluding hydrogens is 386 g/mol. The highest BCUT2D eigenvalue weighted by molar-refractivity contribution is 5.92. The highest BCUT2D eigenvalue weighted by Crippen LogP contribution is 2.19. The van der Waals surface area contributed by atoms with E-state index in [0.29, 0.717) is 22.4 Å². The van der Waals surface area contributed by atoms with Gasteiger partial charge in [0.25, 0.3) is 5.56 Å². The molecule has 0 saturated carbocycles. The zero-order valence-corrected chi connectivity index (χ0v) is 16.0. The maximum Gasteiger partial charge on any atom is 0.360 e. The van der Waals surface area contributed by atoms with Gasteiger partial charge >= 0.3 is 5.63 Å². The van der Waals surface area contributed by atoms with E-state index in [-0.39, 0.29) is 12.2 Å². The first-order valence-electron chi connectivity index (χ1n) is 9.09. The van der Waals surface area contributed by atoms with E-state index in [1.165, 1.54) is 12.1 Å². The van der Waals surface area contributed by atoms with Gasteiger partial charge < -0.3 is 14.5 Å². The van der Waals surface area contributed by atoms with E-state index in [2.05, 4.69) is 10.4 Å². The number of carbonyl (C=O) groups is 1. The molecule has 4 rings (SSSR count). The molecular formula is C22H17N3O5. The Morgan fingerprint density at radius 3 is 2.60 bits per heavy atom. The Morgan fingerprint density at radius 1 is 1.07 bits per heavy atom. The van der Waals surface area contributed by atoms with Crippen LogP contribution in [0.2, 0.25) is 0 Å². The van der Waals surface area contributed by atoms with Gasteiger partial charge in [-0.1, -0.05) is 18.2 Å². The van der Waals surface area contributed by atoms with Gasteiger partial charge in [0.15, 0.2) is 0 Å². The minimum absolute atomic E-state index is 0.00180. The van der Waals surface area contributed by atoms with Crippen molar-refractivity contribution in [3.05, 3.63) is 87.5 Å². The average molecular weight is 403 g/mol. The topological polar surface area (TPSA) is 103 Å². The fourth-order valence-electron chi connectivity index (χ4n) is 2.95. The van der Waals surface area contributed by atoms with Crippen LogP contribution in [0.5, 0.6) is 5.75 Å². The molecule has 0 radical (unpaired) electrons. The standard InChI is InChI=1S/C22H17N3O5/c1-29-16-8-6-14(7-9-16)17-10-11-21(27)25(24-17)13-20(26)23-18-12-15-4-2-3-5-19(15)30-22(18)28/h2-12H,13H2,1H3,(H,23,26). The van der Waals surface area contributed by atoms with Crippen molar-refractivity contribution in [3.63, 3.8) is 0 Å². The first-order valence-corrected chi connectivity index (χ1v) is 9.09.